The van der Waals surface area contributed by atoms with Crippen molar-refractivity contribution in [3.8, 4) is 0 Å². The highest BCUT2D eigenvalue weighted by Crippen LogP contribution is 2.01. The molecule has 0 saturated carbocycles. The maximum Gasteiger partial charge on any atom is 0.287 e. The van der Waals surface area contributed by atoms with E-state index in [-0.39, 0.29) is 17.1 Å². The lowest BCUT2D eigenvalue weighted by atomic mass is 10.3. The molecule has 6 nitrogen and oxygen atoms in total. The van der Waals surface area contributed by atoms with Gasteiger partial charge in [-0.25, -0.2) is 0 Å². The maximum absolute atomic E-state index is 11.8. The van der Waals surface area contributed by atoms with Gasteiger partial charge >= 0.3 is 0 Å². The van der Waals surface area contributed by atoms with Gasteiger partial charge in [0.1, 0.15) is 5.76 Å². The minimum absolute atomic E-state index is 0.0370. The molecule has 0 atom stereocenters. The predicted octanol–water partition coefficient (Wildman–Crippen LogP) is 0.654. The topological polar surface area (TPSA) is 77.1 Å². The van der Waals surface area contributed by atoms with Crippen LogP contribution in [0.2, 0.25) is 0 Å². The lowest BCUT2D eigenvalue weighted by Gasteiger charge is -2.05. The summed E-state index contributed by atoms with van der Waals surface area (Å²) in [4.78, 5) is 23.1. The number of nitrogens with zero attached hydrogens (tertiary/aromatic N) is 2. The maximum atomic E-state index is 11.8. The van der Waals surface area contributed by atoms with Gasteiger partial charge in [0.2, 0.25) is 0 Å². The Hall–Kier alpha value is -2.37. The minimum Gasteiger partial charge on any atom is -0.456 e. The van der Waals surface area contributed by atoms with E-state index in [0.29, 0.717) is 18.7 Å². The van der Waals surface area contributed by atoms with E-state index < -0.39 is 0 Å². The number of nitrogens with one attached hydrogen (secondary N) is 1. The van der Waals surface area contributed by atoms with Gasteiger partial charge in [-0.05, 0) is 13.0 Å². The lowest BCUT2D eigenvalue weighted by molar-refractivity contribution is 0.0922. The van der Waals surface area contributed by atoms with Crippen LogP contribution in [0.1, 0.15) is 22.0 Å². The van der Waals surface area contributed by atoms with E-state index in [1.807, 2.05) is 13.1 Å². The van der Waals surface area contributed by atoms with Gasteiger partial charge in [0.15, 0.2) is 11.2 Å². The van der Waals surface area contributed by atoms with Crippen LogP contribution in [0, 0.1) is 6.92 Å². The zero-order valence-electron chi connectivity index (χ0n) is 10.8. The third kappa shape index (κ3) is 3.31. The number of hydrogen-bond donors (Lipinski definition) is 1. The van der Waals surface area contributed by atoms with Crippen molar-refractivity contribution in [2.24, 2.45) is 7.05 Å². The first-order valence-corrected chi connectivity index (χ1v) is 5.93. The van der Waals surface area contributed by atoms with Crippen molar-refractivity contribution in [1.29, 1.82) is 0 Å². The standard InChI is InChI=1S/C13H15N3O3/c1-9-7-11(17)8-12(19-9)13(18)14-5-3-10-4-6-15-16(10)2/h4,6-8H,3,5H2,1-2H3,(H,14,18). The van der Waals surface area contributed by atoms with Crippen LogP contribution in [0.5, 0.6) is 0 Å². The fourth-order valence-electron chi connectivity index (χ4n) is 1.75. The van der Waals surface area contributed by atoms with Crippen LogP contribution in [-0.4, -0.2) is 22.2 Å². The van der Waals surface area contributed by atoms with E-state index in [0.717, 1.165) is 5.69 Å². The normalized spacial score (nSPS) is 10.4. The van der Waals surface area contributed by atoms with Crippen molar-refractivity contribution in [2.45, 2.75) is 13.3 Å². The van der Waals surface area contributed by atoms with Crippen molar-refractivity contribution < 1.29 is 9.21 Å². The number of carbonyl (C=O) groups is 1. The van der Waals surface area contributed by atoms with Crippen molar-refractivity contribution >= 4 is 5.91 Å². The molecule has 0 aromatic carbocycles. The number of amides is 1. The smallest absolute Gasteiger partial charge is 0.287 e. The van der Waals surface area contributed by atoms with E-state index in [4.69, 9.17) is 4.42 Å². The fourth-order valence-corrected chi connectivity index (χ4v) is 1.75. The largest absolute Gasteiger partial charge is 0.456 e. The van der Waals surface area contributed by atoms with Gasteiger partial charge in [-0.1, -0.05) is 0 Å². The zero-order valence-corrected chi connectivity index (χ0v) is 10.8. The molecule has 0 fully saturated rings. The first-order valence-electron chi connectivity index (χ1n) is 5.93. The third-order valence-corrected chi connectivity index (χ3v) is 2.70. The predicted molar refractivity (Wildman–Crippen MR) is 69.0 cm³/mol. The molecule has 1 N–H and O–H groups in total. The second-order valence-electron chi connectivity index (χ2n) is 4.22. The molecule has 2 aromatic rings. The molecule has 2 rings (SSSR count). The molecular weight excluding hydrogens is 246 g/mol. The second kappa shape index (κ2) is 5.51. The average Bonchev–Trinajstić information content (AvgIpc) is 2.74. The van der Waals surface area contributed by atoms with E-state index in [1.165, 1.54) is 12.1 Å². The quantitative estimate of drug-likeness (QED) is 0.876. The summed E-state index contributed by atoms with van der Waals surface area (Å²) < 4.78 is 6.95. The van der Waals surface area contributed by atoms with Crippen LogP contribution >= 0.6 is 0 Å². The molecular formula is C13H15N3O3. The first kappa shape index (κ1) is 13.1. The summed E-state index contributed by atoms with van der Waals surface area (Å²) in [6, 6.07) is 4.41. The molecule has 0 aliphatic heterocycles. The summed E-state index contributed by atoms with van der Waals surface area (Å²) in [5.74, 6) is 0.0715. The van der Waals surface area contributed by atoms with Crippen LogP contribution < -0.4 is 10.7 Å². The molecule has 0 unspecified atom stereocenters. The molecule has 0 aliphatic carbocycles. The lowest BCUT2D eigenvalue weighted by Crippen LogP contribution is -2.27. The number of rotatable bonds is 4. The highest BCUT2D eigenvalue weighted by molar-refractivity contribution is 5.91. The molecule has 2 aromatic heterocycles. The van der Waals surface area contributed by atoms with Gasteiger partial charge in [-0.15, -0.1) is 0 Å². The summed E-state index contributed by atoms with van der Waals surface area (Å²) in [6.45, 7) is 2.09. The van der Waals surface area contributed by atoms with E-state index in [9.17, 15) is 9.59 Å². The Morgan fingerprint density at radius 1 is 1.47 bits per heavy atom. The van der Waals surface area contributed by atoms with Gasteiger partial charge in [0.05, 0.1) is 0 Å². The van der Waals surface area contributed by atoms with Gasteiger partial charge in [0.25, 0.3) is 5.91 Å². The third-order valence-electron chi connectivity index (χ3n) is 2.70. The Balaban J connectivity index is 1.94. The molecule has 1 amide bonds. The van der Waals surface area contributed by atoms with E-state index >= 15 is 0 Å². The van der Waals surface area contributed by atoms with Crippen molar-refractivity contribution in [3.63, 3.8) is 0 Å². The summed E-state index contributed by atoms with van der Waals surface area (Å²) in [7, 11) is 1.84. The molecule has 0 spiro atoms. The highest BCUT2D eigenvalue weighted by Gasteiger charge is 2.09. The Bertz CT molecular complexity index is 643. The summed E-state index contributed by atoms with van der Waals surface area (Å²) in [5, 5.41) is 6.75. The monoisotopic (exact) mass is 261 g/mol. The molecule has 100 valence electrons. The molecule has 0 radical (unpaired) electrons. The molecule has 0 aliphatic rings. The van der Waals surface area contributed by atoms with E-state index in [1.54, 1.807) is 17.8 Å². The molecule has 2 heterocycles. The number of carbonyl (C=O) groups excluding carboxylic acids is 1. The van der Waals surface area contributed by atoms with Crippen molar-refractivity contribution in [2.75, 3.05) is 6.54 Å². The van der Waals surface area contributed by atoms with Gasteiger partial charge in [0, 0.05) is 44.0 Å². The molecule has 19 heavy (non-hydrogen) atoms. The van der Waals surface area contributed by atoms with Gasteiger partial charge < -0.3 is 9.73 Å². The summed E-state index contributed by atoms with van der Waals surface area (Å²) in [5.41, 5.74) is 0.784. The SMILES string of the molecule is Cc1cc(=O)cc(C(=O)NCCc2ccnn2C)o1. The number of aryl methyl sites for hydroxylation is 2. The Labute approximate surface area is 110 Å². The first-order chi connectivity index (χ1) is 9.06. The fraction of sp³-hybridized carbons (Fsp3) is 0.308. The molecule has 0 bridgehead atoms. The van der Waals surface area contributed by atoms with Crippen LogP contribution in [0.3, 0.4) is 0 Å². The van der Waals surface area contributed by atoms with Gasteiger partial charge in [-0.2, -0.15) is 5.10 Å². The average molecular weight is 261 g/mol. The zero-order chi connectivity index (χ0) is 13.8. The Kier molecular flexibility index (Phi) is 3.79. The van der Waals surface area contributed by atoms with Crippen LogP contribution in [0.25, 0.3) is 0 Å². The summed E-state index contributed by atoms with van der Waals surface area (Å²) in [6.07, 6.45) is 2.37. The van der Waals surface area contributed by atoms with Crippen LogP contribution in [0.4, 0.5) is 0 Å². The molecule has 0 saturated heterocycles. The van der Waals surface area contributed by atoms with Gasteiger partial charge in [-0.3, -0.25) is 14.3 Å². The number of hydrogen-bond acceptors (Lipinski definition) is 4. The van der Waals surface area contributed by atoms with Crippen molar-refractivity contribution in [3.05, 3.63) is 51.8 Å². The Morgan fingerprint density at radius 3 is 2.89 bits per heavy atom. The summed E-state index contributed by atoms with van der Waals surface area (Å²) >= 11 is 0. The minimum atomic E-state index is -0.386. The number of aromatic nitrogens is 2. The highest BCUT2D eigenvalue weighted by atomic mass is 16.3. The van der Waals surface area contributed by atoms with Crippen molar-refractivity contribution in [1.82, 2.24) is 15.1 Å². The van der Waals surface area contributed by atoms with Crippen LogP contribution in [-0.2, 0) is 13.5 Å². The Morgan fingerprint density at radius 2 is 2.26 bits per heavy atom. The van der Waals surface area contributed by atoms with Crippen LogP contribution in [0.15, 0.2) is 33.6 Å². The molecule has 6 heteroatoms. The van der Waals surface area contributed by atoms with E-state index in [2.05, 4.69) is 10.4 Å². The second-order valence-corrected chi connectivity index (χ2v) is 4.22.